The van der Waals surface area contributed by atoms with Crippen LogP contribution in [-0.4, -0.2) is 15.1 Å². The first-order valence-corrected chi connectivity index (χ1v) is 4.81. The Labute approximate surface area is 83.1 Å². The lowest BCUT2D eigenvalue weighted by molar-refractivity contribution is 0.425. The van der Waals surface area contributed by atoms with Crippen molar-refractivity contribution in [3.05, 3.63) is 30.4 Å². The van der Waals surface area contributed by atoms with E-state index in [0.717, 1.165) is 5.56 Å². The Morgan fingerprint density at radius 1 is 1.46 bits per heavy atom. The van der Waals surface area contributed by atoms with Gasteiger partial charge in [0.2, 0.25) is 0 Å². The van der Waals surface area contributed by atoms with Crippen molar-refractivity contribution >= 4 is 15.9 Å². The fourth-order valence-electron chi connectivity index (χ4n) is 0.915. The Morgan fingerprint density at radius 3 is 3.00 bits per heavy atom. The topological polar surface area (TPSA) is 51.8 Å². The van der Waals surface area contributed by atoms with E-state index in [-0.39, 0.29) is 0 Å². The molecule has 0 aliphatic carbocycles. The number of nitrogens with zero attached hydrogens (tertiary/aromatic N) is 3. The van der Waals surface area contributed by atoms with Crippen LogP contribution in [0.15, 0.2) is 29.0 Å². The monoisotopic (exact) mass is 239 g/mol. The van der Waals surface area contributed by atoms with Gasteiger partial charge in [-0.3, -0.25) is 4.98 Å². The second kappa shape index (κ2) is 3.66. The summed E-state index contributed by atoms with van der Waals surface area (Å²) < 4.78 is 5.01. The maximum absolute atomic E-state index is 5.01. The van der Waals surface area contributed by atoms with Crippen LogP contribution in [0.2, 0.25) is 0 Å². The molecule has 0 aliphatic rings. The first-order chi connectivity index (χ1) is 6.40. The molecule has 2 aromatic rings. The molecule has 4 nitrogen and oxygen atoms in total. The standard InChI is InChI=1S/C8H6BrN3O/c9-4-7-11-8(13-12-7)6-2-1-3-10-5-6/h1-3,5H,4H2. The predicted molar refractivity (Wildman–Crippen MR) is 50.2 cm³/mol. The summed E-state index contributed by atoms with van der Waals surface area (Å²) in [5.74, 6) is 1.14. The van der Waals surface area contributed by atoms with E-state index in [0.29, 0.717) is 17.0 Å². The van der Waals surface area contributed by atoms with Gasteiger partial charge in [-0.15, -0.1) is 0 Å². The molecule has 0 unspecified atom stereocenters. The summed E-state index contributed by atoms with van der Waals surface area (Å²) in [4.78, 5) is 8.09. The van der Waals surface area contributed by atoms with Crippen LogP contribution in [0.25, 0.3) is 11.5 Å². The van der Waals surface area contributed by atoms with E-state index in [2.05, 4.69) is 31.1 Å². The van der Waals surface area contributed by atoms with Crippen LogP contribution in [0, 0.1) is 0 Å². The number of rotatable bonds is 2. The zero-order valence-corrected chi connectivity index (χ0v) is 8.23. The lowest BCUT2D eigenvalue weighted by Crippen LogP contribution is -1.80. The fraction of sp³-hybridized carbons (Fsp3) is 0.125. The molecule has 0 atom stereocenters. The predicted octanol–water partition coefficient (Wildman–Crippen LogP) is 2.03. The molecule has 2 rings (SSSR count). The highest BCUT2D eigenvalue weighted by Crippen LogP contribution is 2.15. The van der Waals surface area contributed by atoms with Gasteiger partial charge in [0.05, 0.1) is 10.9 Å². The Balaban J connectivity index is 2.36. The molecule has 0 aromatic carbocycles. The minimum Gasteiger partial charge on any atom is -0.334 e. The van der Waals surface area contributed by atoms with E-state index in [9.17, 15) is 0 Å². The van der Waals surface area contributed by atoms with Crippen LogP contribution in [-0.2, 0) is 5.33 Å². The van der Waals surface area contributed by atoms with Gasteiger partial charge in [0.1, 0.15) is 0 Å². The van der Waals surface area contributed by atoms with Crippen molar-refractivity contribution in [2.24, 2.45) is 0 Å². The molecule has 0 bridgehead atoms. The average molecular weight is 240 g/mol. The molecule has 0 amide bonds. The highest BCUT2D eigenvalue weighted by atomic mass is 79.9. The van der Waals surface area contributed by atoms with Crippen molar-refractivity contribution in [1.29, 1.82) is 0 Å². The molecular formula is C8H6BrN3O. The van der Waals surface area contributed by atoms with Gasteiger partial charge in [-0.25, -0.2) is 0 Å². The highest BCUT2D eigenvalue weighted by Gasteiger charge is 2.06. The van der Waals surface area contributed by atoms with E-state index in [4.69, 9.17) is 4.52 Å². The Kier molecular flexibility index (Phi) is 2.35. The zero-order valence-electron chi connectivity index (χ0n) is 6.64. The van der Waals surface area contributed by atoms with Crippen molar-refractivity contribution < 1.29 is 4.52 Å². The quantitative estimate of drug-likeness (QED) is 0.753. The Morgan fingerprint density at radius 2 is 2.38 bits per heavy atom. The molecule has 0 fully saturated rings. The number of aromatic nitrogens is 3. The third-order valence-electron chi connectivity index (χ3n) is 1.50. The normalized spacial score (nSPS) is 10.2. The second-order valence-electron chi connectivity index (χ2n) is 2.39. The molecule has 0 spiro atoms. The number of halogens is 1. The van der Waals surface area contributed by atoms with Gasteiger partial charge in [0.15, 0.2) is 5.82 Å². The minimum atomic E-state index is 0.502. The van der Waals surface area contributed by atoms with E-state index in [1.807, 2.05) is 12.1 Å². The number of pyridine rings is 1. The summed E-state index contributed by atoms with van der Waals surface area (Å²) >= 11 is 3.24. The van der Waals surface area contributed by atoms with Gasteiger partial charge in [-0.2, -0.15) is 4.98 Å². The summed E-state index contributed by atoms with van der Waals surface area (Å²) in [7, 11) is 0. The fourth-order valence-corrected chi connectivity index (χ4v) is 1.14. The van der Waals surface area contributed by atoms with Crippen LogP contribution in [0.3, 0.4) is 0 Å². The van der Waals surface area contributed by atoms with Crippen LogP contribution in [0.5, 0.6) is 0 Å². The van der Waals surface area contributed by atoms with E-state index in [1.54, 1.807) is 12.4 Å². The third kappa shape index (κ3) is 1.75. The highest BCUT2D eigenvalue weighted by molar-refractivity contribution is 9.08. The van der Waals surface area contributed by atoms with Crippen molar-refractivity contribution in [3.8, 4) is 11.5 Å². The molecule has 0 radical (unpaired) electrons. The molecule has 0 aliphatic heterocycles. The summed E-state index contributed by atoms with van der Waals surface area (Å²) in [6, 6.07) is 3.70. The summed E-state index contributed by atoms with van der Waals surface area (Å²) in [5.41, 5.74) is 0.835. The minimum absolute atomic E-state index is 0.502. The van der Waals surface area contributed by atoms with Gasteiger partial charge in [0, 0.05) is 12.4 Å². The van der Waals surface area contributed by atoms with Crippen LogP contribution in [0.1, 0.15) is 5.82 Å². The van der Waals surface area contributed by atoms with Gasteiger partial charge in [0.25, 0.3) is 5.89 Å². The summed E-state index contributed by atoms with van der Waals surface area (Å²) in [6.45, 7) is 0. The average Bonchev–Trinajstić information content (AvgIpc) is 2.67. The molecule has 66 valence electrons. The van der Waals surface area contributed by atoms with Crippen LogP contribution >= 0.6 is 15.9 Å². The molecule has 0 saturated carbocycles. The maximum atomic E-state index is 5.01. The molecule has 2 heterocycles. The smallest absolute Gasteiger partial charge is 0.259 e. The first kappa shape index (κ1) is 8.37. The van der Waals surface area contributed by atoms with Gasteiger partial charge < -0.3 is 4.52 Å². The van der Waals surface area contributed by atoms with E-state index < -0.39 is 0 Å². The van der Waals surface area contributed by atoms with Gasteiger partial charge >= 0.3 is 0 Å². The number of alkyl halides is 1. The van der Waals surface area contributed by atoms with Crippen LogP contribution < -0.4 is 0 Å². The molecule has 0 saturated heterocycles. The number of hydrogen-bond acceptors (Lipinski definition) is 4. The lowest BCUT2D eigenvalue weighted by atomic mass is 10.3. The zero-order chi connectivity index (χ0) is 9.10. The lowest BCUT2D eigenvalue weighted by Gasteiger charge is -1.89. The third-order valence-corrected chi connectivity index (χ3v) is 2.00. The maximum Gasteiger partial charge on any atom is 0.259 e. The Bertz CT molecular complexity index is 387. The van der Waals surface area contributed by atoms with Gasteiger partial charge in [-0.1, -0.05) is 21.1 Å². The van der Waals surface area contributed by atoms with Gasteiger partial charge in [-0.05, 0) is 12.1 Å². The molecule has 5 heteroatoms. The Hall–Kier alpha value is -1.23. The molecular weight excluding hydrogens is 234 g/mol. The van der Waals surface area contributed by atoms with Crippen molar-refractivity contribution in [3.63, 3.8) is 0 Å². The molecule has 13 heavy (non-hydrogen) atoms. The summed E-state index contributed by atoms with van der Waals surface area (Å²) in [5, 5.41) is 4.34. The first-order valence-electron chi connectivity index (χ1n) is 3.69. The van der Waals surface area contributed by atoms with E-state index >= 15 is 0 Å². The van der Waals surface area contributed by atoms with Crippen LogP contribution in [0.4, 0.5) is 0 Å². The van der Waals surface area contributed by atoms with Crippen molar-refractivity contribution in [2.45, 2.75) is 5.33 Å². The largest absolute Gasteiger partial charge is 0.334 e. The van der Waals surface area contributed by atoms with E-state index in [1.165, 1.54) is 0 Å². The van der Waals surface area contributed by atoms with Crippen molar-refractivity contribution in [2.75, 3.05) is 0 Å². The summed E-state index contributed by atoms with van der Waals surface area (Å²) in [6.07, 6.45) is 3.39. The second-order valence-corrected chi connectivity index (χ2v) is 2.95. The molecule has 0 N–H and O–H groups in total. The number of hydrogen-bond donors (Lipinski definition) is 0. The van der Waals surface area contributed by atoms with Crippen molar-refractivity contribution in [1.82, 2.24) is 15.1 Å². The SMILES string of the molecule is BrCc1noc(-c2cccnc2)n1. The molecule has 2 aromatic heterocycles.